The molecule has 0 radical (unpaired) electrons. The van der Waals surface area contributed by atoms with Crippen LogP contribution in [-0.4, -0.2) is 60.6 Å². The SMILES string of the molecule is CCCNC1C(N2CC(C)N(C)C(C)C2)CCCC1(C)C. The van der Waals surface area contributed by atoms with Gasteiger partial charge in [-0.15, -0.1) is 0 Å². The molecule has 2 aliphatic rings. The Morgan fingerprint density at radius 3 is 2.33 bits per heavy atom. The van der Waals surface area contributed by atoms with Gasteiger partial charge >= 0.3 is 0 Å². The van der Waals surface area contributed by atoms with E-state index in [1.165, 1.54) is 38.8 Å². The highest BCUT2D eigenvalue weighted by Crippen LogP contribution is 2.38. The number of rotatable bonds is 4. The molecule has 2 rings (SSSR count). The quantitative estimate of drug-likeness (QED) is 0.860. The molecule has 4 unspecified atom stereocenters. The Kier molecular flexibility index (Phi) is 5.72. The highest BCUT2D eigenvalue weighted by atomic mass is 15.3. The van der Waals surface area contributed by atoms with Gasteiger partial charge in [-0.3, -0.25) is 9.80 Å². The number of piperazine rings is 1. The van der Waals surface area contributed by atoms with Crippen LogP contribution in [0.3, 0.4) is 0 Å². The van der Waals surface area contributed by atoms with Crippen LogP contribution in [0.4, 0.5) is 0 Å². The van der Waals surface area contributed by atoms with E-state index in [1.54, 1.807) is 0 Å². The molecule has 2 fully saturated rings. The van der Waals surface area contributed by atoms with Gasteiger partial charge in [-0.05, 0) is 52.1 Å². The molecule has 0 aromatic rings. The van der Waals surface area contributed by atoms with Crippen LogP contribution >= 0.6 is 0 Å². The second kappa shape index (κ2) is 6.97. The molecule has 124 valence electrons. The van der Waals surface area contributed by atoms with E-state index in [9.17, 15) is 0 Å². The van der Waals surface area contributed by atoms with E-state index in [0.717, 1.165) is 12.6 Å². The fourth-order valence-electron chi connectivity index (χ4n) is 4.43. The fraction of sp³-hybridized carbons (Fsp3) is 1.00. The average molecular weight is 296 g/mol. The Bertz CT molecular complexity index is 316. The molecule has 1 aliphatic carbocycles. The normalized spacial score (nSPS) is 38.6. The minimum atomic E-state index is 0.425. The summed E-state index contributed by atoms with van der Waals surface area (Å²) >= 11 is 0. The van der Waals surface area contributed by atoms with Crippen LogP contribution < -0.4 is 5.32 Å². The maximum absolute atomic E-state index is 3.89. The summed E-state index contributed by atoms with van der Waals surface area (Å²) in [5.41, 5.74) is 0.425. The lowest BCUT2D eigenvalue weighted by Gasteiger charge is -2.53. The minimum Gasteiger partial charge on any atom is -0.312 e. The van der Waals surface area contributed by atoms with Gasteiger partial charge in [-0.25, -0.2) is 0 Å². The lowest BCUT2D eigenvalue weighted by Crippen LogP contribution is -2.65. The van der Waals surface area contributed by atoms with E-state index in [2.05, 4.69) is 56.8 Å². The maximum atomic E-state index is 3.89. The number of hydrogen-bond acceptors (Lipinski definition) is 3. The number of nitrogens with zero attached hydrogens (tertiary/aromatic N) is 2. The van der Waals surface area contributed by atoms with Gasteiger partial charge in [0, 0.05) is 37.3 Å². The number of likely N-dealkylation sites (N-methyl/N-ethyl adjacent to an activating group) is 1. The summed E-state index contributed by atoms with van der Waals surface area (Å²) in [6.07, 6.45) is 5.35. The van der Waals surface area contributed by atoms with E-state index in [4.69, 9.17) is 0 Å². The van der Waals surface area contributed by atoms with Crippen molar-refractivity contribution in [3.05, 3.63) is 0 Å². The summed E-state index contributed by atoms with van der Waals surface area (Å²) in [6, 6.07) is 2.71. The molecule has 0 amide bonds. The summed E-state index contributed by atoms with van der Waals surface area (Å²) < 4.78 is 0. The molecule has 1 saturated carbocycles. The number of nitrogens with one attached hydrogen (secondary N) is 1. The summed E-state index contributed by atoms with van der Waals surface area (Å²) in [7, 11) is 2.28. The third-order valence-electron chi connectivity index (χ3n) is 6.02. The Morgan fingerprint density at radius 2 is 1.76 bits per heavy atom. The van der Waals surface area contributed by atoms with Crippen LogP contribution in [-0.2, 0) is 0 Å². The molecule has 0 spiro atoms. The van der Waals surface area contributed by atoms with Crippen LogP contribution in [0, 0.1) is 5.41 Å². The predicted octanol–water partition coefficient (Wildman–Crippen LogP) is 2.96. The van der Waals surface area contributed by atoms with E-state index < -0.39 is 0 Å². The molecule has 1 N–H and O–H groups in total. The number of hydrogen-bond donors (Lipinski definition) is 1. The second-order valence-corrected chi connectivity index (χ2v) is 8.20. The Morgan fingerprint density at radius 1 is 1.14 bits per heavy atom. The van der Waals surface area contributed by atoms with Crippen molar-refractivity contribution in [3.8, 4) is 0 Å². The highest BCUT2D eigenvalue weighted by Gasteiger charge is 2.43. The van der Waals surface area contributed by atoms with E-state index in [-0.39, 0.29) is 0 Å². The zero-order valence-electron chi connectivity index (χ0n) is 15.2. The van der Waals surface area contributed by atoms with E-state index in [0.29, 0.717) is 23.5 Å². The Labute approximate surface area is 132 Å². The van der Waals surface area contributed by atoms with Gasteiger partial charge in [0.2, 0.25) is 0 Å². The smallest absolute Gasteiger partial charge is 0.0274 e. The molecular formula is C18H37N3. The highest BCUT2D eigenvalue weighted by molar-refractivity contribution is 5.00. The molecule has 0 bridgehead atoms. The molecule has 1 aliphatic heterocycles. The molecule has 3 heteroatoms. The molecule has 0 aromatic carbocycles. The molecule has 21 heavy (non-hydrogen) atoms. The zero-order valence-corrected chi connectivity index (χ0v) is 15.2. The average Bonchev–Trinajstić information content (AvgIpc) is 2.42. The Balaban J connectivity index is 2.11. The largest absolute Gasteiger partial charge is 0.312 e. The van der Waals surface area contributed by atoms with Crippen LogP contribution in [0.2, 0.25) is 0 Å². The van der Waals surface area contributed by atoms with Gasteiger partial charge in [-0.1, -0.05) is 27.2 Å². The van der Waals surface area contributed by atoms with Crippen molar-refractivity contribution in [2.75, 3.05) is 26.7 Å². The summed E-state index contributed by atoms with van der Waals surface area (Å²) in [6.45, 7) is 15.6. The molecule has 1 saturated heterocycles. The summed E-state index contributed by atoms with van der Waals surface area (Å²) in [4.78, 5) is 5.34. The van der Waals surface area contributed by atoms with Crippen LogP contribution in [0.5, 0.6) is 0 Å². The summed E-state index contributed by atoms with van der Waals surface area (Å²) in [5, 5.41) is 3.89. The first-order valence-corrected chi connectivity index (χ1v) is 9.06. The Hall–Kier alpha value is -0.120. The van der Waals surface area contributed by atoms with Gasteiger partial charge in [0.1, 0.15) is 0 Å². The van der Waals surface area contributed by atoms with Crippen LogP contribution in [0.25, 0.3) is 0 Å². The van der Waals surface area contributed by atoms with E-state index in [1.807, 2.05) is 0 Å². The first-order valence-electron chi connectivity index (χ1n) is 9.06. The van der Waals surface area contributed by atoms with E-state index >= 15 is 0 Å². The third-order valence-corrected chi connectivity index (χ3v) is 6.02. The van der Waals surface area contributed by atoms with Gasteiger partial charge in [0.25, 0.3) is 0 Å². The summed E-state index contributed by atoms with van der Waals surface area (Å²) in [5.74, 6) is 0. The van der Waals surface area contributed by atoms with Crippen molar-refractivity contribution < 1.29 is 0 Å². The van der Waals surface area contributed by atoms with Crippen molar-refractivity contribution >= 4 is 0 Å². The van der Waals surface area contributed by atoms with Gasteiger partial charge in [0.05, 0.1) is 0 Å². The van der Waals surface area contributed by atoms with Gasteiger partial charge in [0.15, 0.2) is 0 Å². The fourth-order valence-corrected chi connectivity index (χ4v) is 4.43. The van der Waals surface area contributed by atoms with Crippen LogP contribution in [0.1, 0.15) is 60.3 Å². The standard InChI is InChI=1S/C18H37N3/c1-7-11-19-17-16(9-8-10-18(17,4)5)21-12-14(2)20(6)15(3)13-21/h14-17,19H,7-13H2,1-6H3. The lowest BCUT2D eigenvalue weighted by molar-refractivity contribution is -0.0142. The molecule has 3 nitrogen and oxygen atoms in total. The van der Waals surface area contributed by atoms with Crippen molar-refractivity contribution in [1.29, 1.82) is 0 Å². The monoisotopic (exact) mass is 295 g/mol. The van der Waals surface area contributed by atoms with Crippen LogP contribution in [0.15, 0.2) is 0 Å². The van der Waals surface area contributed by atoms with Crippen molar-refractivity contribution in [3.63, 3.8) is 0 Å². The van der Waals surface area contributed by atoms with Gasteiger partial charge in [-0.2, -0.15) is 0 Å². The van der Waals surface area contributed by atoms with Crippen molar-refractivity contribution in [2.24, 2.45) is 5.41 Å². The topological polar surface area (TPSA) is 18.5 Å². The van der Waals surface area contributed by atoms with Crippen molar-refractivity contribution in [1.82, 2.24) is 15.1 Å². The molecule has 4 atom stereocenters. The molecular weight excluding hydrogens is 258 g/mol. The van der Waals surface area contributed by atoms with Gasteiger partial charge < -0.3 is 5.32 Å². The second-order valence-electron chi connectivity index (χ2n) is 8.20. The predicted molar refractivity (Wildman–Crippen MR) is 91.8 cm³/mol. The zero-order chi connectivity index (χ0) is 15.6. The molecule has 1 heterocycles. The lowest BCUT2D eigenvalue weighted by atomic mass is 9.70. The first kappa shape index (κ1) is 17.2. The minimum absolute atomic E-state index is 0.425. The molecule has 0 aromatic heterocycles. The third kappa shape index (κ3) is 3.80. The first-order chi connectivity index (χ1) is 9.86. The maximum Gasteiger partial charge on any atom is 0.0274 e. The van der Waals surface area contributed by atoms with Crippen molar-refractivity contribution in [2.45, 2.75) is 84.5 Å².